The third-order valence-corrected chi connectivity index (χ3v) is 11.9. The highest BCUT2D eigenvalue weighted by molar-refractivity contribution is 5.70. The molecule has 0 fully saturated rings. The summed E-state index contributed by atoms with van der Waals surface area (Å²) in [4.78, 5) is 24.5. The van der Waals surface area contributed by atoms with Gasteiger partial charge in [0.25, 0.3) is 0 Å². The van der Waals surface area contributed by atoms with Crippen LogP contribution < -0.4 is 0 Å². The number of ether oxygens (including phenoxy) is 2. The van der Waals surface area contributed by atoms with Gasteiger partial charge in [-0.25, -0.2) is 0 Å². The molecule has 0 aromatic heterocycles. The van der Waals surface area contributed by atoms with Crippen molar-refractivity contribution in [1.82, 2.24) is 0 Å². The lowest BCUT2D eigenvalue weighted by molar-refractivity contribution is -0.161. The van der Waals surface area contributed by atoms with Crippen molar-refractivity contribution in [3.63, 3.8) is 0 Å². The number of allylic oxidation sites excluding steroid dienone is 22. The van der Waals surface area contributed by atoms with Gasteiger partial charge in [-0.1, -0.05) is 257 Å². The molecule has 0 aromatic carbocycles. The third kappa shape index (κ3) is 56.6. The van der Waals surface area contributed by atoms with E-state index >= 15 is 0 Å². The van der Waals surface area contributed by atoms with Crippen LogP contribution in [0, 0.1) is 0 Å². The topological polar surface area (TPSA) is 72.8 Å². The number of unbranched alkanes of at least 4 members (excludes halogenated alkanes) is 21. The summed E-state index contributed by atoms with van der Waals surface area (Å²) >= 11 is 0. The summed E-state index contributed by atoms with van der Waals surface area (Å²) in [5.74, 6) is -0.623. The predicted molar refractivity (Wildman–Crippen MR) is 306 cm³/mol. The number of aliphatic hydroxyl groups excluding tert-OH is 1. The minimum Gasteiger partial charge on any atom is -0.462 e. The van der Waals surface area contributed by atoms with Crippen LogP contribution in [0.1, 0.15) is 245 Å². The summed E-state index contributed by atoms with van der Waals surface area (Å²) in [6.07, 6.45) is 88.5. The van der Waals surface area contributed by atoms with E-state index in [2.05, 4.69) is 148 Å². The molecule has 0 amide bonds. The Morgan fingerprint density at radius 3 is 0.857 bits per heavy atom. The average Bonchev–Trinajstić information content (AvgIpc) is 3.36. The van der Waals surface area contributed by atoms with Gasteiger partial charge in [-0.05, 0) is 109 Å². The summed E-state index contributed by atoms with van der Waals surface area (Å²) in [6.45, 7) is 3.89. The van der Waals surface area contributed by atoms with Crippen LogP contribution in [0.3, 0.4) is 0 Å². The third-order valence-electron chi connectivity index (χ3n) is 11.9. The largest absolute Gasteiger partial charge is 0.462 e. The van der Waals surface area contributed by atoms with Crippen LogP contribution in [0.2, 0.25) is 0 Å². The molecule has 1 atom stereocenters. The first-order valence-corrected chi connectivity index (χ1v) is 28.7. The highest BCUT2D eigenvalue weighted by atomic mass is 16.6. The van der Waals surface area contributed by atoms with E-state index in [-0.39, 0.29) is 25.2 Å². The minimum atomic E-state index is -0.795. The highest BCUT2D eigenvalue weighted by Gasteiger charge is 2.16. The lowest BCUT2D eigenvalue weighted by atomic mass is 10.0. The van der Waals surface area contributed by atoms with E-state index in [1.807, 2.05) is 0 Å². The van der Waals surface area contributed by atoms with Gasteiger partial charge in [0.1, 0.15) is 6.61 Å². The molecular formula is C65H106O5. The number of rotatable bonds is 51. The van der Waals surface area contributed by atoms with Gasteiger partial charge in [-0.15, -0.1) is 0 Å². The first-order chi connectivity index (χ1) is 34.6. The summed E-state index contributed by atoms with van der Waals surface area (Å²) in [5.41, 5.74) is 0. The standard InChI is InChI=1S/C65H106O5/c1-3-5-7-9-11-13-15-17-19-21-23-25-27-28-29-30-31-32-33-34-35-36-38-39-41-43-45-47-49-51-53-55-57-59-64(67)69-62-63(61-66)70-65(68)60-58-56-54-52-50-48-46-44-42-40-37-26-24-22-20-18-16-14-12-10-8-6-4-2/h5-8,11-14,17-20,23-26,28-29,40,42,46,48,63,66H,3-4,9-10,15-16,21-22,27,30-39,41,43-45,47,49-62H2,1-2H3/b7-5-,8-6-,13-11-,14-12-,19-17-,20-18-,25-23-,26-24-,29-28-,42-40-,48-46-. The highest BCUT2D eigenvalue weighted by Crippen LogP contribution is 2.15. The van der Waals surface area contributed by atoms with Crippen molar-refractivity contribution in [2.24, 2.45) is 0 Å². The second-order valence-corrected chi connectivity index (χ2v) is 18.6. The Labute approximate surface area is 432 Å². The summed E-state index contributed by atoms with van der Waals surface area (Å²) in [6, 6.07) is 0. The van der Waals surface area contributed by atoms with Gasteiger partial charge < -0.3 is 14.6 Å². The van der Waals surface area contributed by atoms with E-state index in [0.29, 0.717) is 12.8 Å². The van der Waals surface area contributed by atoms with Crippen LogP contribution in [0.4, 0.5) is 0 Å². The maximum atomic E-state index is 12.3. The van der Waals surface area contributed by atoms with Crippen molar-refractivity contribution >= 4 is 11.9 Å². The normalized spacial score (nSPS) is 13.2. The Kier molecular flexibility index (Phi) is 56.0. The molecule has 1 N–H and O–H groups in total. The van der Waals surface area contributed by atoms with Crippen molar-refractivity contribution in [2.75, 3.05) is 13.2 Å². The summed E-state index contributed by atoms with van der Waals surface area (Å²) in [5, 5.41) is 9.65. The number of hydrogen-bond acceptors (Lipinski definition) is 5. The predicted octanol–water partition coefficient (Wildman–Crippen LogP) is 19.6. The Morgan fingerprint density at radius 1 is 0.329 bits per heavy atom. The number of carbonyl (C=O) groups is 2. The maximum absolute atomic E-state index is 12.3. The molecule has 0 bridgehead atoms. The van der Waals surface area contributed by atoms with Crippen LogP contribution in [0.15, 0.2) is 134 Å². The van der Waals surface area contributed by atoms with E-state index in [9.17, 15) is 14.7 Å². The molecule has 0 heterocycles. The Morgan fingerprint density at radius 2 is 0.571 bits per heavy atom. The molecule has 1 unspecified atom stereocenters. The van der Waals surface area contributed by atoms with Crippen molar-refractivity contribution in [3.8, 4) is 0 Å². The van der Waals surface area contributed by atoms with Crippen molar-refractivity contribution < 1.29 is 24.2 Å². The molecule has 0 spiro atoms. The van der Waals surface area contributed by atoms with Crippen molar-refractivity contribution in [3.05, 3.63) is 134 Å². The zero-order chi connectivity index (χ0) is 50.6. The second-order valence-electron chi connectivity index (χ2n) is 18.6. The number of esters is 2. The fraction of sp³-hybridized carbons (Fsp3) is 0.631. The molecule has 5 heteroatoms. The minimum absolute atomic E-state index is 0.0828. The molecule has 70 heavy (non-hydrogen) atoms. The van der Waals surface area contributed by atoms with Crippen LogP contribution >= 0.6 is 0 Å². The lowest BCUT2D eigenvalue weighted by Gasteiger charge is -2.15. The molecule has 0 aliphatic carbocycles. The van der Waals surface area contributed by atoms with E-state index in [0.717, 1.165) is 122 Å². The van der Waals surface area contributed by atoms with Crippen LogP contribution in [0.5, 0.6) is 0 Å². The molecule has 0 aliphatic rings. The Balaban J connectivity index is 3.54. The molecule has 0 saturated heterocycles. The molecule has 396 valence electrons. The van der Waals surface area contributed by atoms with Gasteiger partial charge in [0.15, 0.2) is 6.10 Å². The zero-order valence-corrected chi connectivity index (χ0v) is 45.2. The Bertz CT molecular complexity index is 1470. The Hall–Kier alpha value is -3.96. The van der Waals surface area contributed by atoms with Crippen molar-refractivity contribution in [1.29, 1.82) is 0 Å². The monoisotopic (exact) mass is 967 g/mol. The van der Waals surface area contributed by atoms with Crippen LogP contribution in [-0.2, 0) is 19.1 Å². The van der Waals surface area contributed by atoms with E-state index < -0.39 is 6.10 Å². The van der Waals surface area contributed by atoms with E-state index in [1.54, 1.807) is 0 Å². The second kappa shape index (κ2) is 59.3. The number of carbonyl (C=O) groups excluding carboxylic acids is 2. The molecule has 0 saturated carbocycles. The van der Waals surface area contributed by atoms with Gasteiger partial charge in [-0.2, -0.15) is 0 Å². The van der Waals surface area contributed by atoms with Crippen molar-refractivity contribution in [2.45, 2.75) is 251 Å². The summed E-state index contributed by atoms with van der Waals surface area (Å²) in [7, 11) is 0. The fourth-order valence-corrected chi connectivity index (χ4v) is 7.70. The quantitative estimate of drug-likeness (QED) is 0.0374. The van der Waals surface area contributed by atoms with E-state index in [4.69, 9.17) is 9.47 Å². The maximum Gasteiger partial charge on any atom is 0.306 e. The van der Waals surface area contributed by atoms with Gasteiger partial charge >= 0.3 is 11.9 Å². The number of aliphatic hydroxyl groups is 1. The van der Waals surface area contributed by atoms with E-state index in [1.165, 1.54) is 96.3 Å². The first kappa shape index (κ1) is 66.0. The lowest BCUT2D eigenvalue weighted by Crippen LogP contribution is -2.28. The SMILES string of the molecule is CC/C=C\C/C=C\C/C=C\C/C=C\C/C=C\C/C=C\CCCCCCC(=O)OC(CO)COC(=O)CCCCCCCCCCCCCCCCCCC/C=C\C/C=C\C/C=C\C/C=C\C/C=C\CC. The molecule has 5 nitrogen and oxygen atoms in total. The molecule has 0 aromatic rings. The number of hydrogen-bond donors (Lipinski definition) is 1. The zero-order valence-electron chi connectivity index (χ0n) is 45.2. The fourth-order valence-electron chi connectivity index (χ4n) is 7.70. The molecule has 0 aliphatic heterocycles. The first-order valence-electron chi connectivity index (χ1n) is 28.7. The smallest absolute Gasteiger partial charge is 0.306 e. The average molecular weight is 968 g/mol. The van der Waals surface area contributed by atoms with Crippen LogP contribution in [-0.4, -0.2) is 36.4 Å². The van der Waals surface area contributed by atoms with Crippen LogP contribution in [0.25, 0.3) is 0 Å². The van der Waals surface area contributed by atoms with Gasteiger partial charge in [-0.3, -0.25) is 9.59 Å². The van der Waals surface area contributed by atoms with Gasteiger partial charge in [0.05, 0.1) is 6.61 Å². The van der Waals surface area contributed by atoms with Gasteiger partial charge in [0.2, 0.25) is 0 Å². The summed E-state index contributed by atoms with van der Waals surface area (Å²) < 4.78 is 10.7. The molecular weight excluding hydrogens is 861 g/mol. The molecule has 0 radical (unpaired) electrons. The molecule has 0 rings (SSSR count). The van der Waals surface area contributed by atoms with Gasteiger partial charge in [0, 0.05) is 12.8 Å².